The van der Waals surface area contributed by atoms with Gasteiger partial charge in [0.2, 0.25) is 5.91 Å². The number of nitrogens with zero attached hydrogens (tertiary/aromatic N) is 3. The first-order valence-electron chi connectivity index (χ1n) is 9.82. The van der Waals surface area contributed by atoms with Gasteiger partial charge in [-0.1, -0.05) is 48.0 Å². The molecule has 11 heteroatoms. The zero-order chi connectivity index (χ0) is 23.6. The number of thiazole rings is 1. The van der Waals surface area contributed by atoms with E-state index in [1.165, 1.54) is 17.4 Å². The number of nitrogens with one attached hydrogen (secondary N) is 2. The highest BCUT2D eigenvalue weighted by Crippen LogP contribution is 2.30. The summed E-state index contributed by atoms with van der Waals surface area (Å²) in [6.45, 7) is 1.91. The standard InChI is InChI=1S/C22H18F3N5OS2/c1-13-5-7-15(8-6-13)19-28-29-21(32)30(19)12-18(31)27-20-26-11-17(33-20)10-14-3-2-4-16(9-14)22(23,24)25/h2-9,11H,10,12H2,1H3,(H,29,32)(H,26,27,31). The summed E-state index contributed by atoms with van der Waals surface area (Å²) in [5, 5.41) is 10.0. The van der Waals surface area contributed by atoms with Crippen LogP contribution in [0.2, 0.25) is 0 Å². The molecular formula is C22H18F3N5OS2. The molecule has 4 rings (SSSR count). The lowest BCUT2D eigenvalue weighted by atomic mass is 10.1. The number of hydrogen-bond acceptors (Lipinski definition) is 5. The van der Waals surface area contributed by atoms with Crippen LogP contribution in [0.4, 0.5) is 18.3 Å². The lowest BCUT2D eigenvalue weighted by molar-refractivity contribution is -0.137. The van der Waals surface area contributed by atoms with Crippen LogP contribution in [0.15, 0.2) is 54.7 Å². The molecule has 170 valence electrons. The molecule has 0 aliphatic carbocycles. The van der Waals surface area contributed by atoms with Crippen molar-refractivity contribution >= 4 is 34.6 Å². The van der Waals surface area contributed by atoms with E-state index in [0.717, 1.165) is 28.1 Å². The Kier molecular flexibility index (Phi) is 6.43. The second-order valence-electron chi connectivity index (χ2n) is 7.36. The van der Waals surface area contributed by atoms with Gasteiger partial charge >= 0.3 is 6.18 Å². The first-order chi connectivity index (χ1) is 15.7. The van der Waals surface area contributed by atoms with E-state index in [2.05, 4.69) is 20.5 Å². The molecule has 2 aromatic carbocycles. The number of benzene rings is 2. The number of aromatic nitrogens is 4. The summed E-state index contributed by atoms with van der Waals surface area (Å²) in [4.78, 5) is 17.5. The average molecular weight is 490 g/mol. The number of carbonyl (C=O) groups is 1. The molecule has 0 fully saturated rings. The van der Waals surface area contributed by atoms with Crippen molar-refractivity contribution in [2.75, 3.05) is 5.32 Å². The number of anilines is 1. The Labute approximate surface area is 196 Å². The van der Waals surface area contributed by atoms with Gasteiger partial charge in [-0.3, -0.25) is 14.5 Å². The molecule has 1 amide bonds. The summed E-state index contributed by atoms with van der Waals surface area (Å²) in [5.41, 5.74) is 1.73. The van der Waals surface area contributed by atoms with E-state index in [0.29, 0.717) is 21.3 Å². The summed E-state index contributed by atoms with van der Waals surface area (Å²) < 4.78 is 40.7. The van der Waals surface area contributed by atoms with Gasteiger partial charge < -0.3 is 5.32 Å². The molecule has 0 saturated heterocycles. The lowest BCUT2D eigenvalue weighted by Crippen LogP contribution is -2.19. The second-order valence-corrected chi connectivity index (χ2v) is 8.86. The molecular weight excluding hydrogens is 471 g/mol. The van der Waals surface area contributed by atoms with Crippen LogP contribution in [0.3, 0.4) is 0 Å². The van der Waals surface area contributed by atoms with E-state index in [1.807, 2.05) is 31.2 Å². The molecule has 2 N–H and O–H groups in total. The molecule has 2 aromatic heterocycles. The van der Waals surface area contributed by atoms with E-state index >= 15 is 0 Å². The minimum absolute atomic E-state index is 0.0684. The van der Waals surface area contributed by atoms with Crippen molar-refractivity contribution in [1.29, 1.82) is 0 Å². The number of alkyl halides is 3. The summed E-state index contributed by atoms with van der Waals surface area (Å²) in [5.74, 6) is 0.195. The maximum atomic E-state index is 12.9. The number of H-pyrrole nitrogens is 1. The predicted molar refractivity (Wildman–Crippen MR) is 123 cm³/mol. The van der Waals surface area contributed by atoms with Crippen molar-refractivity contribution in [2.45, 2.75) is 26.1 Å². The molecule has 0 saturated carbocycles. The van der Waals surface area contributed by atoms with Gasteiger partial charge in [0, 0.05) is 23.1 Å². The smallest absolute Gasteiger partial charge is 0.300 e. The van der Waals surface area contributed by atoms with Crippen LogP contribution in [0.1, 0.15) is 21.6 Å². The Balaban J connectivity index is 1.44. The van der Waals surface area contributed by atoms with Crippen molar-refractivity contribution in [1.82, 2.24) is 19.7 Å². The number of aromatic amines is 1. The fourth-order valence-electron chi connectivity index (χ4n) is 3.20. The lowest BCUT2D eigenvalue weighted by Gasteiger charge is -2.08. The summed E-state index contributed by atoms with van der Waals surface area (Å²) in [6, 6.07) is 12.8. The van der Waals surface area contributed by atoms with E-state index in [-0.39, 0.29) is 18.9 Å². The zero-order valence-electron chi connectivity index (χ0n) is 17.3. The van der Waals surface area contributed by atoms with Crippen molar-refractivity contribution in [3.8, 4) is 11.4 Å². The molecule has 6 nitrogen and oxygen atoms in total. The third-order valence-corrected chi connectivity index (χ3v) is 6.03. The van der Waals surface area contributed by atoms with Crippen LogP contribution in [0.25, 0.3) is 11.4 Å². The first kappa shape index (κ1) is 22.9. The SMILES string of the molecule is Cc1ccc(-c2n[nH]c(=S)n2CC(=O)Nc2ncc(Cc3cccc(C(F)(F)F)c3)s2)cc1. The van der Waals surface area contributed by atoms with E-state index in [4.69, 9.17) is 12.2 Å². The average Bonchev–Trinajstić information content (AvgIpc) is 3.35. The van der Waals surface area contributed by atoms with Crippen LogP contribution < -0.4 is 5.32 Å². The van der Waals surface area contributed by atoms with Gasteiger partial charge in [0.05, 0.1) is 5.56 Å². The molecule has 0 bridgehead atoms. The Morgan fingerprint density at radius 3 is 2.70 bits per heavy atom. The molecule has 0 radical (unpaired) electrons. The third kappa shape index (κ3) is 5.55. The molecule has 4 aromatic rings. The van der Waals surface area contributed by atoms with E-state index in [9.17, 15) is 18.0 Å². The predicted octanol–water partition coefficient (Wildman–Crippen LogP) is 5.62. The Bertz CT molecular complexity index is 1340. The summed E-state index contributed by atoms with van der Waals surface area (Å²) in [6.07, 6.45) is -2.57. The van der Waals surface area contributed by atoms with Gasteiger partial charge in [-0.25, -0.2) is 4.98 Å². The monoisotopic (exact) mass is 489 g/mol. The fourth-order valence-corrected chi connectivity index (χ4v) is 4.26. The Morgan fingerprint density at radius 1 is 1.21 bits per heavy atom. The van der Waals surface area contributed by atoms with Crippen LogP contribution in [-0.2, 0) is 23.9 Å². The fraction of sp³-hybridized carbons (Fsp3) is 0.182. The highest BCUT2D eigenvalue weighted by atomic mass is 32.1. The van der Waals surface area contributed by atoms with Gasteiger partial charge in [-0.05, 0) is 30.8 Å². The van der Waals surface area contributed by atoms with Crippen LogP contribution in [0, 0.1) is 11.7 Å². The van der Waals surface area contributed by atoms with Gasteiger partial charge in [-0.2, -0.15) is 18.3 Å². The highest BCUT2D eigenvalue weighted by Gasteiger charge is 2.30. The normalized spacial score (nSPS) is 11.5. The summed E-state index contributed by atoms with van der Waals surface area (Å²) in [7, 11) is 0. The molecule has 2 heterocycles. The van der Waals surface area contributed by atoms with Crippen LogP contribution >= 0.6 is 23.6 Å². The van der Waals surface area contributed by atoms with Crippen molar-refractivity contribution in [3.63, 3.8) is 0 Å². The quantitative estimate of drug-likeness (QED) is 0.345. The minimum atomic E-state index is -4.39. The number of halogens is 3. The van der Waals surface area contributed by atoms with Crippen molar-refractivity contribution in [2.24, 2.45) is 0 Å². The van der Waals surface area contributed by atoms with Crippen molar-refractivity contribution < 1.29 is 18.0 Å². The van der Waals surface area contributed by atoms with E-state index < -0.39 is 11.7 Å². The van der Waals surface area contributed by atoms with Crippen LogP contribution in [0.5, 0.6) is 0 Å². The van der Waals surface area contributed by atoms with Gasteiger partial charge in [0.15, 0.2) is 15.7 Å². The minimum Gasteiger partial charge on any atom is -0.300 e. The third-order valence-electron chi connectivity index (χ3n) is 4.80. The molecule has 0 atom stereocenters. The number of hydrogen-bond donors (Lipinski definition) is 2. The van der Waals surface area contributed by atoms with Crippen molar-refractivity contribution in [3.05, 3.63) is 81.1 Å². The molecule has 0 spiro atoms. The topological polar surface area (TPSA) is 75.6 Å². The highest BCUT2D eigenvalue weighted by molar-refractivity contribution is 7.71. The molecule has 0 aliphatic rings. The number of amides is 1. The van der Waals surface area contributed by atoms with Gasteiger partial charge in [0.25, 0.3) is 0 Å². The van der Waals surface area contributed by atoms with E-state index in [1.54, 1.807) is 16.8 Å². The number of rotatable bonds is 6. The number of aryl methyl sites for hydroxylation is 1. The van der Waals surface area contributed by atoms with Gasteiger partial charge in [0.1, 0.15) is 6.54 Å². The Morgan fingerprint density at radius 2 is 1.97 bits per heavy atom. The molecule has 0 unspecified atom stereocenters. The Hall–Kier alpha value is -3.31. The molecule has 0 aliphatic heterocycles. The largest absolute Gasteiger partial charge is 0.416 e. The summed E-state index contributed by atoms with van der Waals surface area (Å²) >= 11 is 6.47. The number of carbonyl (C=O) groups excluding carboxylic acids is 1. The maximum absolute atomic E-state index is 12.9. The molecule has 33 heavy (non-hydrogen) atoms. The maximum Gasteiger partial charge on any atom is 0.416 e. The zero-order valence-corrected chi connectivity index (χ0v) is 18.9. The van der Waals surface area contributed by atoms with Crippen LogP contribution in [-0.4, -0.2) is 25.7 Å². The van der Waals surface area contributed by atoms with Gasteiger partial charge in [-0.15, -0.1) is 11.3 Å². The first-order valence-corrected chi connectivity index (χ1v) is 11.0. The second kappa shape index (κ2) is 9.28.